The Kier molecular flexibility index (Phi) is 3.54. The first-order valence-corrected chi connectivity index (χ1v) is 5.09. The average Bonchev–Trinajstić information content (AvgIpc) is 2.51. The molecular formula is C9H12BrNO2. The molecule has 2 heterocycles. The molecule has 1 aliphatic rings. The van der Waals surface area contributed by atoms with Crippen LogP contribution in [-0.4, -0.2) is 17.1 Å². The van der Waals surface area contributed by atoms with E-state index < -0.39 is 0 Å². The lowest BCUT2D eigenvalue weighted by Crippen LogP contribution is -2.21. The van der Waals surface area contributed by atoms with Crippen molar-refractivity contribution in [2.75, 3.05) is 6.61 Å². The minimum Gasteiger partial charge on any atom is -0.459 e. The van der Waals surface area contributed by atoms with Crippen molar-refractivity contribution < 1.29 is 9.53 Å². The molecule has 0 aromatic carbocycles. The summed E-state index contributed by atoms with van der Waals surface area (Å²) >= 11 is 3.29. The van der Waals surface area contributed by atoms with Gasteiger partial charge in [0.05, 0.1) is 6.54 Å². The second-order valence-corrected chi connectivity index (χ2v) is 3.29. The molecule has 0 amide bonds. The molecular weight excluding hydrogens is 234 g/mol. The highest BCUT2D eigenvalue weighted by Gasteiger charge is 2.18. The van der Waals surface area contributed by atoms with Gasteiger partial charge in [-0.3, -0.25) is 0 Å². The number of carbonyl (C=O) groups is 1. The molecule has 0 radical (unpaired) electrons. The van der Waals surface area contributed by atoms with Crippen LogP contribution in [0.3, 0.4) is 0 Å². The maximum Gasteiger partial charge on any atom is 0.355 e. The first kappa shape index (κ1) is 10.3. The Hall–Kier alpha value is -0.770. The van der Waals surface area contributed by atoms with E-state index in [1.807, 2.05) is 24.6 Å². The van der Waals surface area contributed by atoms with Crippen LogP contribution in [-0.2, 0) is 11.3 Å². The smallest absolute Gasteiger partial charge is 0.355 e. The van der Waals surface area contributed by atoms with Crippen LogP contribution in [0.5, 0.6) is 0 Å². The van der Waals surface area contributed by atoms with E-state index in [1.165, 1.54) is 0 Å². The Morgan fingerprint density at radius 1 is 1.54 bits per heavy atom. The molecule has 0 atom stereocenters. The quantitative estimate of drug-likeness (QED) is 0.658. The van der Waals surface area contributed by atoms with Gasteiger partial charge in [-0.15, -0.1) is 0 Å². The van der Waals surface area contributed by atoms with E-state index in [-0.39, 0.29) is 5.97 Å². The first-order chi connectivity index (χ1) is 6.27. The molecule has 0 N–H and O–H groups in total. The zero-order chi connectivity index (χ0) is 9.84. The second kappa shape index (κ2) is 4.46. The number of hydrogen-bond acceptors (Lipinski definition) is 2. The lowest BCUT2D eigenvalue weighted by molar-refractivity contribution is 0.0422. The largest absolute Gasteiger partial charge is 0.459 e. The monoisotopic (exact) mass is 245 g/mol. The van der Waals surface area contributed by atoms with Crippen molar-refractivity contribution in [3.8, 4) is 0 Å². The number of ether oxygens (including phenoxy) is 1. The van der Waals surface area contributed by atoms with Crippen LogP contribution < -0.4 is 0 Å². The Morgan fingerprint density at radius 2 is 2.23 bits per heavy atom. The summed E-state index contributed by atoms with van der Waals surface area (Å²) < 4.78 is 7.64. The number of aromatic nitrogens is 1. The molecule has 1 aromatic heterocycles. The summed E-state index contributed by atoms with van der Waals surface area (Å²) in [5.74, 6) is -0.234. The number of rotatable bonds is 0. The van der Waals surface area contributed by atoms with Crippen molar-refractivity contribution in [2.24, 2.45) is 0 Å². The maximum absolute atomic E-state index is 11.0. The summed E-state index contributed by atoms with van der Waals surface area (Å²) in [5, 5.41) is 0. The van der Waals surface area contributed by atoms with Gasteiger partial charge in [-0.2, -0.15) is 0 Å². The lowest BCUT2D eigenvalue weighted by atomic mass is 10.4. The van der Waals surface area contributed by atoms with Crippen LogP contribution in [0.15, 0.2) is 16.7 Å². The number of nitrogens with zero attached hydrogens (tertiary/aromatic N) is 1. The normalized spacial score (nSPS) is 13.9. The van der Waals surface area contributed by atoms with Gasteiger partial charge in [-0.1, -0.05) is 13.8 Å². The molecule has 2 rings (SSSR count). The van der Waals surface area contributed by atoms with Crippen molar-refractivity contribution >= 4 is 21.9 Å². The van der Waals surface area contributed by atoms with Gasteiger partial charge in [0.25, 0.3) is 0 Å². The van der Waals surface area contributed by atoms with Gasteiger partial charge < -0.3 is 9.30 Å². The summed E-state index contributed by atoms with van der Waals surface area (Å²) in [7, 11) is 0. The van der Waals surface area contributed by atoms with Crippen molar-refractivity contribution in [3.63, 3.8) is 0 Å². The minimum atomic E-state index is -0.234. The highest BCUT2D eigenvalue weighted by molar-refractivity contribution is 9.10. The van der Waals surface area contributed by atoms with E-state index in [9.17, 15) is 4.79 Å². The SMILES string of the molecule is CC.O=C1OCCn2cc(Br)cc21. The van der Waals surface area contributed by atoms with Gasteiger partial charge in [-0.05, 0) is 22.0 Å². The van der Waals surface area contributed by atoms with E-state index in [0.29, 0.717) is 12.3 Å². The molecule has 72 valence electrons. The van der Waals surface area contributed by atoms with Crippen LogP contribution in [0.25, 0.3) is 0 Å². The number of hydrogen-bond donors (Lipinski definition) is 0. The number of carbonyl (C=O) groups excluding carboxylic acids is 1. The number of fused-ring (bicyclic) bond motifs is 1. The molecule has 0 aliphatic carbocycles. The third-order valence-electron chi connectivity index (χ3n) is 1.64. The van der Waals surface area contributed by atoms with Gasteiger partial charge in [0, 0.05) is 10.7 Å². The fraction of sp³-hybridized carbons (Fsp3) is 0.444. The molecule has 4 heteroatoms. The molecule has 0 bridgehead atoms. The zero-order valence-corrected chi connectivity index (χ0v) is 9.30. The molecule has 0 fully saturated rings. The molecule has 1 aromatic rings. The van der Waals surface area contributed by atoms with Crippen LogP contribution >= 0.6 is 15.9 Å². The molecule has 1 aliphatic heterocycles. The molecule has 0 unspecified atom stereocenters. The Balaban J connectivity index is 0.000000396. The molecule has 0 spiro atoms. The van der Waals surface area contributed by atoms with Crippen LogP contribution in [0.4, 0.5) is 0 Å². The van der Waals surface area contributed by atoms with E-state index >= 15 is 0 Å². The van der Waals surface area contributed by atoms with E-state index in [4.69, 9.17) is 4.74 Å². The zero-order valence-electron chi connectivity index (χ0n) is 7.71. The van der Waals surface area contributed by atoms with Crippen molar-refractivity contribution in [1.29, 1.82) is 0 Å². The van der Waals surface area contributed by atoms with Crippen molar-refractivity contribution in [1.82, 2.24) is 4.57 Å². The standard InChI is InChI=1S/C7H6BrNO2.C2H6/c8-5-3-6-7(10)11-2-1-9(6)4-5;1-2/h3-4H,1-2H2;1-2H3. The van der Waals surface area contributed by atoms with E-state index in [2.05, 4.69) is 15.9 Å². The topological polar surface area (TPSA) is 31.2 Å². The second-order valence-electron chi connectivity index (χ2n) is 2.37. The van der Waals surface area contributed by atoms with Gasteiger partial charge in [0.2, 0.25) is 0 Å². The lowest BCUT2D eigenvalue weighted by Gasteiger charge is -2.13. The van der Waals surface area contributed by atoms with Crippen LogP contribution in [0, 0.1) is 0 Å². The third kappa shape index (κ3) is 2.12. The summed E-state index contributed by atoms with van der Waals surface area (Å²) in [6, 6.07) is 1.77. The highest BCUT2D eigenvalue weighted by atomic mass is 79.9. The first-order valence-electron chi connectivity index (χ1n) is 4.30. The van der Waals surface area contributed by atoms with Crippen LogP contribution in [0.1, 0.15) is 24.3 Å². The maximum atomic E-state index is 11.0. The van der Waals surface area contributed by atoms with E-state index in [0.717, 1.165) is 11.0 Å². The van der Waals surface area contributed by atoms with Gasteiger partial charge in [0.1, 0.15) is 12.3 Å². The summed E-state index contributed by atoms with van der Waals surface area (Å²) in [4.78, 5) is 11.0. The number of halogens is 1. The molecule has 0 saturated heterocycles. The van der Waals surface area contributed by atoms with Gasteiger partial charge in [0.15, 0.2) is 0 Å². The molecule has 3 nitrogen and oxygen atoms in total. The Labute approximate surface area is 85.8 Å². The fourth-order valence-corrected chi connectivity index (χ4v) is 1.61. The summed E-state index contributed by atoms with van der Waals surface area (Å²) in [6.45, 7) is 5.24. The van der Waals surface area contributed by atoms with Crippen molar-refractivity contribution in [2.45, 2.75) is 20.4 Å². The summed E-state index contributed by atoms with van der Waals surface area (Å²) in [5.41, 5.74) is 0.628. The third-order valence-corrected chi connectivity index (χ3v) is 2.07. The molecule has 13 heavy (non-hydrogen) atoms. The van der Waals surface area contributed by atoms with Gasteiger partial charge >= 0.3 is 5.97 Å². The Bertz CT molecular complexity index is 307. The Morgan fingerprint density at radius 3 is 2.85 bits per heavy atom. The summed E-state index contributed by atoms with van der Waals surface area (Å²) in [6.07, 6.45) is 1.88. The predicted octanol–water partition coefficient (Wildman–Crippen LogP) is 2.45. The fourth-order valence-electron chi connectivity index (χ4n) is 1.14. The van der Waals surface area contributed by atoms with Gasteiger partial charge in [-0.25, -0.2) is 4.79 Å². The minimum absolute atomic E-state index is 0.234. The average molecular weight is 246 g/mol. The highest BCUT2D eigenvalue weighted by Crippen LogP contribution is 2.18. The van der Waals surface area contributed by atoms with E-state index in [1.54, 1.807) is 6.07 Å². The van der Waals surface area contributed by atoms with Crippen molar-refractivity contribution in [3.05, 3.63) is 22.4 Å². The number of esters is 1. The van der Waals surface area contributed by atoms with Crippen LogP contribution in [0.2, 0.25) is 0 Å². The predicted molar refractivity (Wildman–Crippen MR) is 53.8 cm³/mol. The number of cyclic esters (lactones) is 1. The molecule has 0 saturated carbocycles.